The van der Waals surface area contributed by atoms with Crippen molar-refractivity contribution in [2.24, 2.45) is 0 Å². The average molecular weight is 291 g/mol. The monoisotopic (exact) mass is 290 g/mol. The van der Waals surface area contributed by atoms with Crippen molar-refractivity contribution in [2.75, 3.05) is 5.33 Å². The van der Waals surface area contributed by atoms with E-state index < -0.39 is 0 Å². The molecule has 0 unspecified atom stereocenters. The quantitative estimate of drug-likeness (QED) is 0.718. The number of hydrogen-bond donors (Lipinski definition) is 0. The molecule has 0 aliphatic heterocycles. The van der Waals surface area contributed by atoms with Gasteiger partial charge in [0.2, 0.25) is 0 Å². The molecule has 2 rings (SSSR count). The Hall–Kier alpha value is -1.28. The first-order valence-corrected chi connectivity index (χ1v) is 6.88. The van der Waals surface area contributed by atoms with Gasteiger partial charge in [0.25, 0.3) is 0 Å². The third-order valence-corrected chi connectivity index (χ3v) is 3.06. The van der Waals surface area contributed by atoms with Crippen LogP contribution in [0.2, 0.25) is 0 Å². The van der Waals surface area contributed by atoms with Crippen LogP contribution >= 0.6 is 15.9 Å². The predicted molar refractivity (Wildman–Crippen MR) is 75.1 cm³/mol. The molecule has 2 aromatic rings. The Balaban J connectivity index is 1.98. The summed E-state index contributed by atoms with van der Waals surface area (Å²) in [6.07, 6.45) is 2.27. The van der Waals surface area contributed by atoms with Crippen LogP contribution in [0.4, 0.5) is 0 Å². The van der Waals surface area contributed by atoms with E-state index in [4.69, 9.17) is 4.74 Å². The SMILES string of the molecule is BrCCCc1ccc(Oc2ccccc2)cc1. The molecule has 0 amide bonds. The molecule has 2 aromatic carbocycles. The van der Waals surface area contributed by atoms with Gasteiger partial charge in [-0.15, -0.1) is 0 Å². The van der Waals surface area contributed by atoms with Crippen LogP contribution in [-0.4, -0.2) is 5.33 Å². The highest BCUT2D eigenvalue weighted by Gasteiger charge is 1.97. The molecule has 0 aliphatic carbocycles. The van der Waals surface area contributed by atoms with Gasteiger partial charge >= 0.3 is 0 Å². The summed E-state index contributed by atoms with van der Waals surface area (Å²) in [7, 11) is 0. The summed E-state index contributed by atoms with van der Waals surface area (Å²) in [5.41, 5.74) is 1.35. The molecule has 0 saturated carbocycles. The molecule has 88 valence electrons. The molecule has 0 heterocycles. The first kappa shape index (κ1) is 12.2. The minimum atomic E-state index is 0.876. The molecule has 17 heavy (non-hydrogen) atoms. The Morgan fingerprint density at radius 3 is 2.12 bits per heavy atom. The molecular formula is C15H15BrO. The molecule has 0 spiro atoms. The average Bonchev–Trinajstić information content (AvgIpc) is 2.39. The van der Waals surface area contributed by atoms with Gasteiger partial charge in [0.1, 0.15) is 11.5 Å². The zero-order valence-corrected chi connectivity index (χ0v) is 11.2. The summed E-state index contributed by atoms with van der Waals surface area (Å²) in [4.78, 5) is 0. The summed E-state index contributed by atoms with van der Waals surface area (Å²) in [6.45, 7) is 0. The lowest BCUT2D eigenvalue weighted by atomic mass is 10.1. The Morgan fingerprint density at radius 1 is 0.824 bits per heavy atom. The van der Waals surface area contributed by atoms with Crippen molar-refractivity contribution in [2.45, 2.75) is 12.8 Å². The van der Waals surface area contributed by atoms with Crippen molar-refractivity contribution in [3.8, 4) is 11.5 Å². The van der Waals surface area contributed by atoms with E-state index in [9.17, 15) is 0 Å². The summed E-state index contributed by atoms with van der Waals surface area (Å²) in [5, 5.41) is 1.05. The molecule has 0 aliphatic rings. The molecule has 0 aromatic heterocycles. The molecule has 0 N–H and O–H groups in total. The highest BCUT2D eigenvalue weighted by atomic mass is 79.9. The van der Waals surface area contributed by atoms with Gasteiger partial charge in [0.05, 0.1) is 0 Å². The zero-order valence-electron chi connectivity index (χ0n) is 9.60. The van der Waals surface area contributed by atoms with Crippen molar-refractivity contribution < 1.29 is 4.74 Å². The largest absolute Gasteiger partial charge is 0.457 e. The number of benzene rings is 2. The van der Waals surface area contributed by atoms with Crippen molar-refractivity contribution in [1.29, 1.82) is 0 Å². The summed E-state index contributed by atoms with van der Waals surface area (Å²) in [6, 6.07) is 18.1. The van der Waals surface area contributed by atoms with E-state index in [-0.39, 0.29) is 0 Å². The van der Waals surface area contributed by atoms with Gasteiger partial charge in [-0.05, 0) is 42.7 Å². The molecule has 2 heteroatoms. The fourth-order valence-corrected chi connectivity index (χ4v) is 1.90. The van der Waals surface area contributed by atoms with E-state index in [1.165, 1.54) is 12.0 Å². The highest BCUT2D eigenvalue weighted by Crippen LogP contribution is 2.21. The van der Waals surface area contributed by atoms with E-state index in [2.05, 4.69) is 28.1 Å². The van der Waals surface area contributed by atoms with Crippen LogP contribution in [0, 0.1) is 0 Å². The molecular weight excluding hydrogens is 276 g/mol. The Labute approximate surface area is 111 Å². The highest BCUT2D eigenvalue weighted by molar-refractivity contribution is 9.09. The lowest BCUT2D eigenvalue weighted by molar-refractivity contribution is 0.482. The molecule has 0 fully saturated rings. The second-order valence-electron chi connectivity index (χ2n) is 3.85. The molecule has 0 atom stereocenters. The number of rotatable bonds is 5. The number of alkyl halides is 1. The van der Waals surface area contributed by atoms with Crippen LogP contribution in [0.5, 0.6) is 11.5 Å². The zero-order chi connectivity index (χ0) is 11.9. The van der Waals surface area contributed by atoms with E-state index >= 15 is 0 Å². The van der Waals surface area contributed by atoms with Crippen LogP contribution in [0.3, 0.4) is 0 Å². The maximum absolute atomic E-state index is 5.73. The maximum Gasteiger partial charge on any atom is 0.127 e. The van der Waals surface area contributed by atoms with E-state index in [1.807, 2.05) is 42.5 Å². The normalized spacial score (nSPS) is 10.2. The van der Waals surface area contributed by atoms with Gasteiger partial charge in [-0.3, -0.25) is 0 Å². The first-order chi connectivity index (χ1) is 8.38. The number of hydrogen-bond acceptors (Lipinski definition) is 1. The second-order valence-corrected chi connectivity index (χ2v) is 4.64. The Kier molecular flexibility index (Phi) is 4.63. The maximum atomic E-state index is 5.73. The fourth-order valence-electron chi connectivity index (χ4n) is 1.62. The molecule has 0 radical (unpaired) electrons. The van der Waals surface area contributed by atoms with Crippen molar-refractivity contribution in [3.63, 3.8) is 0 Å². The molecule has 0 saturated heterocycles. The van der Waals surface area contributed by atoms with Crippen molar-refractivity contribution in [1.82, 2.24) is 0 Å². The van der Waals surface area contributed by atoms with Crippen LogP contribution in [0.15, 0.2) is 54.6 Å². The van der Waals surface area contributed by atoms with Gasteiger partial charge in [-0.2, -0.15) is 0 Å². The van der Waals surface area contributed by atoms with E-state index in [1.54, 1.807) is 0 Å². The number of aryl methyl sites for hydroxylation is 1. The summed E-state index contributed by atoms with van der Waals surface area (Å²) < 4.78 is 5.73. The number of para-hydroxylation sites is 1. The van der Waals surface area contributed by atoms with Gasteiger partial charge in [-0.25, -0.2) is 0 Å². The van der Waals surface area contributed by atoms with Crippen LogP contribution < -0.4 is 4.74 Å². The number of halogens is 1. The molecule has 0 bridgehead atoms. The third-order valence-electron chi connectivity index (χ3n) is 2.50. The van der Waals surface area contributed by atoms with Crippen LogP contribution in [0.25, 0.3) is 0 Å². The standard InChI is InChI=1S/C15H15BrO/c16-12-4-5-13-8-10-15(11-9-13)17-14-6-2-1-3-7-14/h1-3,6-11H,4-5,12H2. The van der Waals surface area contributed by atoms with Crippen molar-refractivity contribution >= 4 is 15.9 Å². The van der Waals surface area contributed by atoms with Crippen LogP contribution in [0.1, 0.15) is 12.0 Å². The topological polar surface area (TPSA) is 9.23 Å². The fraction of sp³-hybridized carbons (Fsp3) is 0.200. The minimum absolute atomic E-state index is 0.876. The first-order valence-electron chi connectivity index (χ1n) is 5.76. The summed E-state index contributed by atoms with van der Waals surface area (Å²) >= 11 is 3.44. The van der Waals surface area contributed by atoms with E-state index in [0.29, 0.717) is 0 Å². The Bertz CT molecular complexity index is 436. The third kappa shape index (κ3) is 3.90. The second kappa shape index (κ2) is 6.45. The van der Waals surface area contributed by atoms with E-state index in [0.717, 1.165) is 23.2 Å². The van der Waals surface area contributed by atoms with Crippen LogP contribution in [-0.2, 0) is 6.42 Å². The van der Waals surface area contributed by atoms with Gasteiger partial charge in [0.15, 0.2) is 0 Å². The van der Waals surface area contributed by atoms with Crippen molar-refractivity contribution in [3.05, 3.63) is 60.2 Å². The lowest BCUT2D eigenvalue weighted by Crippen LogP contribution is -1.87. The summed E-state index contributed by atoms with van der Waals surface area (Å²) in [5.74, 6) is 1.76. The minimum Gasteiger partial charge on any atom is -0.457 e. The predicted octanol–water partition coefficient (Wildman–Crippen LogP) is 4.81. The smallest absolute Gasteiger partial charge is 0.127 e. The molecule has 1 nitrogen and oxygen atoms in total. The van der Waals surface area contributed by atoms with Gasteiger partial charge in [0, 0.05) is 5.33 Å². The number of ether oxygens (including phenoxy) is 1. The lowest BCUT2D eigenvalue weighted by Gasteiger charge is -2.06. The van der Waals surface area contributed by atoms with Gasteiger partial charge < -0.3 is 4.74 Å². The Morgan fingerprint density at radius 2 is 1.47 bits per heavy atom. The van der Waals surface area contributed by atoms with Gasteiger partial charge in [-0.1, -0.05) is 46.3 Å².